The highest BCUT2D eigenvalue weighted by Crippen LogP contribution is 2.32. The predicted molar refractivity (Wildman–Crippen MR) is 75.9 cm³/mol. The molecule has 0 spiro atoms. The van der Waals surface area contributed by atoms with Gasteiger partial charge in [-0.15, -0.1) is 0 Å². The molecule has 0 aliphatic rings. The molecule has 0 saturated heterocycles. The summed E-state index contributed by atoms with van der Waals surface area (Å²) in [5.74, 6) is 0. The zero-order valence-corrected chi connectivity index (χ0v) is 11.4. The van der Waals surface area contributed by atoms with E-state index in [0.29, 0.717) is 15.1 Å². The topological polar surface area (TPSA) is 12.0 Å². The zero-order valence-electron chi connectivity index (χ0n) is 9.10. The van der Waals surface area contributed by atoms with E-state index in [1.54, 1.807) is 6.07 Å². The Labute approximate surface area is 115 Å². The van der Waals surface area contributed by atoms with Gasteiger partial charge in [-0.1, -0.05) is 46.9 Å². The zero-order chi connectivity index (χ0) is 12.4. The second kappa shape index (κ2) is 5.18. The molecule has 0 amide bonds. The number of halogens is 3. The number of hydrogen-bond acceptors (Lipinski definition) is 1. The summed E-state index contributed by atoms with van der Waals surface area (Å²) >= 11 is 18.1. The van der Waals surface area contributed by atoms with Crippen LogP contribution < -0.4 is 5.32 Å². The molecule has 2 aromatic carbocycles. The van der Waals surface area contributed by atoms with Crippen LogP contribution in [0.5, 0.6) is 0 Å². The van der Waals surface area contributed by atoms with Crippen LogP contribution >= 0.6 is 34.8 Å². The van der Waals surface area contributed by atoms with Crippen molar-refractivity contribution in [1.29, 1.82) is 0 Å². The molecule has 0 aromatic heterocycles. The normalized spacial score (nSPS) is 10.4. The van der Waals surface area contributed by atoms with Crippen molar-refractivity contribution in [2.45, 2.75) is 6.92 Å². The van der Waals surface area contributed by atoms with Gasteiger partial charge in [0.05, 0.1) is 15.7 Å². The lowest BCUT2D eigenvalue weighted by Crippen LogP contribution is -1.91. The second-order valence-electron chi connectivity index (χ2n) is 3.69. The number of nitrogens with one attached hydrogen (secondary N) is 1. The van der Waals surface area contributed by atoms with Crippen molar-refractivity contribution in [3.05, 3.63) is 57.0 Å². The maximum absolute atomic E-state index is 6.09. The van der Waals surface area contributed by atoms with E-state index in [9.17, 15) is 0 Å². The van der Waals surface area contributed by atoms with E-state index < -0.39 is 0 Å². The first kappa shape index (κ1) is 12.6. The first-order chi connectivity index (χ1) is 8.08. The van der Waals surface area contributed by atoms with Crippen LogP contribution in [0.15, 0.2) is 36.4 Å². The summed E-state index contributed by atoms with van der Waals surface area (Å²) in [4.78, 5) is 0. The molecule has 0 unspecified atom stereocenters. The van der Waals surface area contributed by atoms with Crippen LogP contribution in [0.1, 0.15) is 5.56 Å². The van der Waals surface area contributed by atoms with Gasteiger partial charge in [0.2, 0.25) is 0 Å². The first-order valence-corrected chi connectivity index (χ1v) is 6.18. The van der Waals surface area contributed by atoms with Gasteiger partial charge >= 0.3 is 0 Å². The third-order valence-electron chi connectivity index (χ3n) is 2.40. The molecular weight excluding hydrogens is 277 g/mol. The van der Waals surface area contributed by atoms with Gasteiger partial charge in [-0.2, -0.15) is 0 Å². The Morgan fingerprint density at radius 2 is 1.71 bits per heavy atom. The molecule has 1 N–H and O–H groups in total. The average Bonchev–Trinajstić information content (AvgIpc) is 2.30. The highest BCUT2D eigenvalue weighted by molar-refractivity contribution is 6.43. The lowest BCUT2D eigenvalue weighted by molar-refractivity contribution is 1.45. The van der Waals surface area contributed by atoms with E-state index >= 15 is 0 Å². The number of rotatable bonds is 2. The SMILES string of the molecule is Cc1ccc(Nc2cccc(Cl)c2Cl)cc1Cl. The number of anilines is 2. The highest BCUT2D eigenvalue weighted by atomic mass is 35.5. The van der Waals surface area contributed by atoms with Crippen molar-refractivity contribution >= 4 is 46.2 Å². The van der Waals surface area contributed by atoms with E-state index in [4.69, 9.17) is 34.8 Å². The first-order valence-electron chi connectivity index (χ1n) is 5.05. The lowest BCUT2D eigenvalue weighted by Gasteiger charge is -2.10. The molecule has 88 valence electrons. The van der Waals surface area contributed by atoms with Gasteiger partial charge in [-0.05, 0) is 36.8 Å². The fourth-order valence-electron chi connectivity index (χ4n) is 1.43. The third-order valence-corrected chi connectivity index (χ3v) is 3.63. The van der Waals surface area contributed by atoms with Gasteiger partial charge in [-0.3, -0.25) is 0 Å². The van der Waals surface area contributed by atoms with Crippen LogP contribution in [-0.4, -0.2) is 0 Å². The van der Waals surface area contributed by atoms with Crippen LogP contribution in [0.25, 0.3) is 0 Å². The minimum atomic E-state index is 0.505. The van der Waals surface area contributed by atoms with Crippen molar-refractivity contribution in [2.75, 3.05) is 5.32 Å². The van der Waals surface area contributed by atoms with E-state index in [-0.39, 0.29) is 0 Å². The summed E-state index contributed by atoms with van der Waals surface area (Å²) in [5.41, 5.74) is 2.68. The van der Waals surface area contributed by atoms with E-state index in [0.717, 1.165) is 16.9 Å². The highest BCUT2D eigenvalue weighted by Gasteiger charge is 2.05. The Kier molecular flexibility index (Phi) is 3.82. The second-order valence-corrected chi connectivity index (χ2v) is 4.88. The van der Waals surface area contributed by atoms with Crippen LogP contribution in [0.2, 0.25) is 15.1 Å². The summed E-state index contributed by atoms with van der Waals surface area (Å²) in [5, 5.41) is 4.92. The molecule has 2 rings (SSSR count). The van der Waals surface area contributed by atoms with Crippen molar-refractivity contribution in [2.24, 2.45) is 0 Å². The molecule has 0 radical (unpaired) electrons. The summed E-state index contributed by atoms with van der Waals surface area (Å²) < 4.78 is 0. The Morgan fingerprint density at radius 1 is 0.941 bits per heavy atom. The molecule has 0 bridgehead atoms. The molecule has 17 heavy (non-hydrogen) atoms. The van der Waals surface area contributed by atoms with E-state index in [2.05, 4.69) is 5.32 Å². The molecule has 2 aromatic rings. The fraction of sp³-hybridized carbons (Fsp3) is 0.0769. The minimum absolute atomic E-state index is 0.505. The largest absolute Gasteiger partial charge is 0.354 e. The van der Waals surface area contributed by atoms with Crippen LogP contribution in [0.3, 0.4) is 0 Å². The Bertz CT molecular complexity index is 552. The van der Waals surface area contributed by atoms with Gasteiger partial charge in [0, 0.05) is 10.7 Å². The van der Waals surface area contributed by atoms with Crippen molar-refractivity contribution in [1.82, 2.24) is 0 Å². The Balaban J connectivity index is 2.31. The molecule has 4 heteroatoms. The molecule has 0 saturated carbocycles. The van der Waals surface area contributed by atoms with Gasteiger partial charge in [0.25, 0.3) is 0 Å². The van der Waals surface area contributed by atoms with Crippen LogP contribution in [-0.2, 0) is 0 Å². The Hall–Kier alpha value is -0.890. The summed E-state index contributed by atoms with van der Waals surface area (Å²) in [6, 6.07) is 11.2. The molecular formula is C13H10Cl3N. The molecule has 1 nitrogen and oxygen atoms in total. The van der Waals surface area contributed by atoms with Crippen molar-refractivity contribution in [3.63, 3.8) is 0 Å². The maximum Gasteiger partial charge on any atom is 0.0827 e. The lowest BCUT2D eigenvalue weighted by atomic mass is 10.2. The average molecular weight is 287 g/mol. The number of benzene rings is 2. The molecule has 0 heterocycles. The predicted octanol–water partition coefficient (Wildman–Crippen LogP) is 5.70. The summed E-state index contributed by atoms with van der Waals surface area (Å²) in [6.45, 7) is 1.96. The smallest absolute Gasteiger partial charge is 0.0827 e. The monoisotopic (exact) mass is 285 g/mol. The van der Waals surface area contributed by atoms with Gasteiger partial charge in [0.1, 0.15) is 0 Å². The third kappa shape index (κ3) is 2.86. The minimum Gasteiger partial charge on any atom is -0.354 e. The number of aryl methyl sites for hydroxylation is 1. The molecule has 0 atom stereocenters. The van der Waals surface area contributed by atoms with Crippen LogP contribution in [0.4, 0.5) is 11.4 Å². The summed E-state index contributed by atoms with van der Waals surface area (Å²) in [6.07, 6.45) is 0. The van der Waals surface area contributed by atoms with Gasteiger partial charge in [-0.25, -0.2) is 0 Å². The molecule has 0 fully saturated rings. The summed E-state index contributed by atoms with van der Waals surface area (Å²) in [7, 11) is 0. The van der Waals surface area contributed by atoms with E-state index in [1.807, 2.05) is 37.3 Å². The Morgan fingerprint density at radius 3 is 2.41 bits per heavy atom. The fourth-order valence-corrected chi connectivity index (χ4v) is 1.95. The number of hydrogen-bond donors (Lipinski definition) is 1. The molecule has 0 aliphatic heterocycles. The maximum atomic E-state index is 6.09. The van der Waals surface area contributed by atoms with Gasteiger partial charge in [0.15, 0.2) is 0 Å². The molecule has 0 aliphatic carbocycles. The van der Waals surface area contributed by atoms with Gasteiger partial charge < -0.3 is 5.32 Å². The van der Waals surface area contributed by atoms with Crippen molar-refractivity contribution < 1.29 is 0 Å². The van der Waals surface area contributed by atoms with Crippen molar-refractivity contribution in [3.8, 4) is 0 Å². The van der Waals surface area contributed by atoms with E-state index in [1.165, 1.54) is 0 Å². The standard InChI is InChI=1S/C13H10Cl3N/c1-8-5-6-9(7-11(8)15)17-12-4-2-3-10(14)13(12)16/h2-7,17H,1H3. The van der Waals surface area contributed by atoms with Crippen LogP contribution in [0, 0.1) is 6.92 Å². The quantitative estimate of drug-likeness (QED) is 0.747.